The van der Waals surface area contributed by atoms with E-state index in [1.807, 2.05) is 6.92 Å². The lowest BCUT2D eigenvalue weighted by atomic mass is 9.82. The average molecular weight is 242 g/mol. The van der Waals surface area contributed by atoms with Gasteiger partial charge in [0.05, 0.1) is 5.57 Å². The van der Waals surface area contributed by atoms with Crippen molar-refractivity contribution in [1.82, 2.24) is 0 Å². The number of Topliss-reactive ketones (excluding diaryl/α,β-unsaturated/α-hetero) is 3. The zero-order valence-corrected chi connectivity index (χ0v) is 10.7. The molecule has 0 aliphatic heterocycles. The number of allylic oxidation sites excluding steroid dienone is 2. The number of carbonyl (C=O) groups is 3. The molecule has 0 N–H and O–H groups in total. The molecule has 18 heavy (non-hydrogen) atoms. The first-order valence-electron chi connectivity index (χ1n) is 5.91. The molecule has 1 aliphatic rings. The Morgan fingerprint density at radius 2 is 1.72 bits per heavy atom. The van der Waals surface area contributed by atoms with Gasteiger partial charge < -0.3 is 0 Å². The van der Waals surface area contributed by atoms with E-state index in [4.69, 9.17) is 0 Å². The first-order valence-corrected chi connectivity index (χ1v) is 5.91. The first kappa shape index (κ1) is 12.4. The highest BCUT2D eigenvalue weighted by atomic mass is 16.2. The van der Waals surface area contributed by atoms with Gasteiger partial charge in [0.1, 0.15) is 0 Å². The van der Waals surface area contributed by atoms with Crippen LogP contribution in [-0.2, 0) is 4.79 Å². The standard InChI is InChI=1S/C15H14O3/c1-4-12(16)13-9(3)14(17)11-7-8(2)5-6-10(11)15(13)18/h5-7H,4H2,1-3H3. The lowest BCUT2D eigenvalue weighted by Crippen LogP contribution is -2.25. The van der Waals surface area contributed by atoms with E-state index in [0.717, 1.165) is 5.56 Å². The third-order valence-electron chi connectivity index (χ3n) is 3.21. The minimum Gasteiger partial charge on any atom is -0.294 e. The van der Waals surface area contributed by atoms with Gasteiger partial charge in [-0.1, -0.05) is 24.6 Å². The van der Waals surface area contributed by atoms with Crippen LogP contribution in [0.2, 0.25) is 0 Å². The highest BCUT2D eigenvalue weighted by molar-refractivity contribution is 6.36. The Balaban J connectivity index is 2.67. The summed E-state index contributed by atoms with van der Waals surface area (Å²) in [5.41, 5.74) is 2.00. The Bertz CT molecular complexity index is 606. The van der Waals surface area contributed by atoms with Crippen molar-refractivity contribution >= 4 is 17.3 Å². The fourth-order valence-electron chi connectivity index (χ4n) is 2.18. The van der Waals surface area contributed by atoms with Crippen molar-refractivity contribution < 1.29 is 14.4 Å². The molecule has 1 aromatic carbocycles. The molecule has 3 heteroatoms. The van der Waals surface area contributed by atoms with Crippen LogP contribution >= 0.6 is 0 Å². The summed E-state index contributed by atoms with van der Waals surface area (Å²) in [6, 6.07) is 5.10. The molecular formula is C15H14O3. The zero-order valence-electron chi connectivity index (χ0n) is 10.7. The van der Waals surface area contributed by atoms with Gasteiger partial charge >= 0.3 is 0 Å². The molecule has 0 unspecified atom stereocenters. The number of hydrogen-bond acceptors (Lipinski definition) is 3. The van der Waals surface area contributed by atoms with Crippen LogP contribution in [0.4, 0.5) is 0 Å². The molecule has 1 aliphatic carbocycles. The van der Waals surface area contributed by atoms with E-state index in [9.17, 15) is 14.4 Å². The van der Waals surface area contributed by atoms with Crippen molar-refractivity contribution in [2.24, 2.45) is 0 Å². The van der Waals surface area contributed by atoms with Gasteiger partial charge in [0.2, 0.25) is 0 Å². The molecule has 0 saturated carbocycles. The molecule has 92 valence electrons. The zero-order chi connectivity index (χ0) is 13.4. The maximum absolute atomic E-state index is 12.3. The van der Waals surface area contributed by atoms with E-state index >= 15 is 0 Å². The lowest BCUT2D eigenvalue weighted by molar-refractivity contribution is -0.115. The van der Waals surface area contributed by atoms with Gasteiger partial charge in [0, 0.05) is 23.1 Å². The van der Waals surface area contributed by atoms with E-state index in [1.165, 1.54) is 0 Å². The summed E-state index contributed by atoms with van der Waals surface area (Å²) >= 11 is 0. The van der Waals surface area contributed by atoms with Crippen LogP contribution in [0.5, 0.6) is 0 Å². The van der Waals surface area contributed by atoms with Crippen LogP contribution in [0.15, 0.2) is 29.3 Å². The summed E-state index contributed by atoms with van der Waals surface area (Å²) in [6.45, 7) is 5.10. The third kappa shape index (κ3) is 1.72. The second-order valence-corrected chi connectivity index (χ2v) is 4.48. The van der Waals surface area contributed by atoms with Crippen LogP contribution in [-0.4, -0.2) is 17.3 Å². The number of hydrogen-bond donors (Lipinski definition) is 0. The molecule has 0 spiro atoms. The Labute approximate surface area is 106 Å². The van der Waals surface area contributed by atoms with Crippen molar-refractivity contribution in [3.63, 3.8) is 0 Å². The molecule has 0 fully saturated rings. The highest BCUT2D eigenvalue weighted by Crippen LogP contribution is 2.27. The van der Waals surface area contributed by atoms with Crippen LogP contribution in [0.25, 0.3) is 0 Å². The highest BCUT2D eigenvalue weighted by Gasteiger charge is 2.32. The average Bonchev–Trinajstić information content (AvgIpc) is 2.35. The Morgan fingerprint density at radius 1 is 1.06 bits per heavy atom. The molecular weight excluding hydrogens is 228 g/mol. The van der Waals surface area contributed by atoms with E-state index in [2.05, 4.69) is 0 Å². The largest absolute Gasteiger partial charge is 0.294 e. The topological polar surface area (TPSA) is 51.2 Å². The molecule has 0 saturated heterocycles. The number of benzene rings is 1. The summed E-state index contributed by atoms with van der Waals surface area (Å²) in [7, 11) is 0. The normalized spacial score (nSPS) is 14.8. The van der Waals surface area contributed by atoms with Gasteiger partial charge in [0.25, 0.3) is 0 Å². The van der Waals surface area contributed by atoms with Gasteiger partial charge in [-0.25, -0.2) is 0 Å². The summed E-state index contributed by atoms with van der Waals surface area (Å²) in [5.74, 6) is -0.809. The second-order valence-electron chi connectivity index (χ2n) is 4.48. The number of carbonyl (C=O) groups excluding carboxylic acids is 3. The Hall–Kier alpha value is -2.03. The summed E-state index contributed by atoms with van der Waals surface area (Å²) in [6.07, 6.45) is 0.229. The molecule has 0 radical (unpaired) electrons. The smallest absolute Gasteiger partial charge is 0.197 e. The number of ketones is 3. The SMILES string of the molecule is CCC(=O)C1=C(C)C(=O)c2cc(C)ccc2C1=O. The number of rotatable bonds is 2. The summed E-state index contributed by atoms with van der Waals surface area (Å²) < 4.78 is 0. The monoisotopic (exact) mass is 242 g/mol. The van der Waals surface area contributed by atoms with Crippen molar-refractivity contribution in [3.05, 3.63) is 46.0 Å². The van der Waals surface area contributed by atoms with Crippen LogP contribution in [0, 0.1) is 6.92 Å². The number of fused-ring (bicyclic) bond motifs is 1. The predicted octanol–water partition coefficient (Wildman–Crippen LogP) is 2.67. The van der Waals surface area contributed by atoms with Crippen molar-refractivity contribution in [3.8, 4) is 0 Å². The predicted molar refractivity (Wildman–Crippen MR) is 67.8 cm³/mol. The Kier molecular flexibility index (Phi) is 2.99. The van der Waals surface area contributed by atoms with Crippen molar-refractivity contribution in [1.29, 1.82) is 0 Å². The van der Waals surface area contributed by atoms with Gasteiger partial charge in [-0.3, -0.25) is 14.4 Å². The second kappa shape index (κ2) is 4.33. The van der Waals surface area contributed by atoms with Crippen molar-refractivity contribution in [2.45, 2.75) is 27.2 Å². The van der Waals surface area contributed by atoms with Crippen molar-refractivity contribution in [2.75, 3.05) is 0 Å². The fourth-order valence-corrected chi connectivity index (χ4v) is 2.18. The summed E-state index contributed by atoms with van der Waals surface area (Å²) in [5, 5.41) is 0. The molecule has 0 heterocycles. The lowest BCUT2D eigenvalue weighted by Gasteiger charge is -2.18. The molecule has 0 bridgehead atoms. The molecule has 1 aromatic rings. The van der Waals surface area contributed by atoms with Gasteiger partial charge in [-0.15, -0.1) is 0 Å². The van der Waals surface area contributed by atoms with Gasteiger partial charge in [0.15, 0.2) is 17.3 Å². The fraction of sp³-hybridized carbons (Fsp3) is 0.267. The van der Waals surface area contributed by atoms with Crippen LogP contribution in [0.3, 0.4) is 0 Å². The van der Waals surface area contributed by atoms with Crippen LogP contribution < -0.4 is 0 Å². The van der Waals surface area contributed by atoms with Crippen LogP contribution in [0.1, 0.15) is 46.5 Å². The maximum Gasteiger partial charge on any atom is 0.197 e. The molecule has 0 amide bonds. The Morgan fingerprint density at radius 3 is 2.33 bits per heavy atom. The molecule has 0 atom stereocenters. The quantitative estimate of drug-likeness (QED) is 0.749. The van der Waals surface area contributed by atoms with E-state index < -0.39 is 0 Å². The molecule has 0 aromatic heterocycles. The number of aryl methyl sites for hydroxylation is 1. The van der Waals surface area contributed by atoms with E-state index in [-0.39, 0.29) is 34.9 Å². The summed E-state index contributed by atoms with van der Waals surface area (Å²) in [4.78, 5) is 36.2. The van der Waals surface area contributed by atoms with E-state index in [1.54, 1.807) is 32.0 Å². The van der Waals surface area contributed by atoms with Gasteiger partial charge in [-0.2, -0.15) is 0 Å². The third-order valence-corrected chi connectivity index (χ3v) is 3.21. The molecule has 3 nitrogen and oxygen atoms in total. The first-order chi connectivity index (χ1) is 8.47. The molecule has 2 rings (SSSR count). The maximum atomic E-state index is 12.3. The minimum absolute atomic E-state index is 0.0545. The van der Waals surface area contributed by atoms with E-state index in [0.29, 0.717) is 11.1 Å². The van der Waals surface area contributed by atoms with Gasteiger partial charge in [-0.05, 0) is 19.9 Å². The minimum atomic E-state index is -0.325.